The third-order valence-electron chi connectivity index (χ3n) is 3.34. The maximum atomic E-state index is 11.7. The van der Waals surface area contributed by atoms with E-state index in [9.17, 15) is 8.42 Å². The van der Waals surface area contributed by atoms with E-state index in [1.54, 1.807) is 19.1 Å². The van der Waals surface area contributed by atoms with Gasteiger partial charge in [-0.2, -0.15) is 0 Å². The lowest BCUT2D eigenvalue weighted by atomic mass is 9.92. The first-order valence-electron chi connectivity index (χ1n) is 6.58. The van der Waals surface area contributed by atoms with Crippen LogP contribution in [0.1, 0.15) is 44.6 Å². The number of rotatable bonds is 7. The Balaban J connectivity index is 2.87. The summed E-state index contributed by atoms with van der Waals surface area (Å²) in [5.41, 5.74) is 6.74. The molecule has 0 amide bonds. The Morgan fingerprint density at radius 1 is 1.17 bits per heavy atom. The first-order chi connectivity index (χ1) is 8.55. The Morgan fingerprint density at radius 2 is 1.78 bits per heavy atom. The van der Waals surface area contributed by atoms with Crippen LogP contribution in [0.25, 0.3) is 0 Å². The van der Waals surface area contributed by atoms with E-state index in [4.69, 9.17) is 5.73 Å². The Kier molecular flexibility index (Phi) is 5.82. The second kappa shape index (κ2) is 6.90. The topological polar surface area (TPSA) is 60.2 Å². The SMILES string of the molecule is CCC(CCCN)c1ccc(S(=O)(=O)CC)cc1. The molecule has 4 heteroatoms. The molecule has 0 aromatic heterocycles. The molecule has 1 rings (SSSR count). The van der Waals surface area contributed by atoms with Crippen molar-refractivity contribution in [2.75, 3.05) is 12.3 Å². The van der Waals surface area contributed by atoms with Crippen molar-refractivity contribution in [3.05, 3.63) is 29.8 Å². The van der Waals surface area contributed by atoms with Crippen molar-refractivity contribution in [3.8, 4) is 0 Å². The van der Waals surface area contributed by atoms with E-state index in [1.807, 2.05) is 12.1 Å². The van der Waals surface area contributed by atoms with Gasteiger partial charge in [0, 0.05) is 0 Å². The molecule has 0 fully saturated rings. The zero-order valence-corrected chi connectivity index (χ0v) is 12.0. The molecule has 1 atom stereocenters. The summed E-state index contributed by atoms with van der Waals surface area (Å²) in [6.45, 7) is 4.52. The van der Waals surface area contributed by atoms with Gasteiger partial charge in [-0.25, -0.2) is 8.42 Å². The summed E-state index contributed by atoms with van der Waals surface area (Å²) < 4.78 is 23.4. The van der Waals surface area contributed by atoms with E-state index >= 15 is 0 Å². The van der Waals surface area contributed by atoms with Crippen molar-refractivity contribution >= 4 is 9.84 Å². The van der Waals surface area contributed by atoms with Crippen LogP contribution in [-0.2, 0) is 9.84 Å². The highest BCUT2D eigenvalue weighted by molar-refractivity contribution is 7.91. The molecule has 18 heavy (non-hydrogen) atoms. The van der Waals surface area contributed by atoms with Crippen LogP contribution in [0.4, 0.5) is 0 Å². The molecule has 1 aromatic rings. The summed E-state index contributed by atoms with van der Waals surface area (Å²) in [7, 11) is -3.08. The molecule has 0 spiro atoms. The summed E-state index contributed by atoms with van der Waals surface area (Å²) >= 11 is 0. The number of hydrogen-bond donors (Lipinski definition) is 1. The molecule has 0 radical (unpaired) electrons. The summed E-state index contributed by atoms with van der Waals surface area (Å²) in [6.07, 6.45) is 3.13. The smallest absolute Gasteiger partial charge is 0.178 e. The molecule has 0 heterocycles. The van der Waals surface area contributed by atoms with Gasteiger partial charge in [0.25, 0.3) is 0 Å². The van der Waals surface area contributed by atoms with Gasteiger partial charge in [-0.05, 0) is 49.4 Å². The predicted molar refractivity (Wildman–Crippen MR) is 75.5 cm³/mol. The highest BCUT2D eigenvalue weighted by atomic mass is 32.2. The minimum atomic E-state index is -3.08. The van der Waals surface area contributed by atoms with Crippen molar-refractivity contribution in [2.24, 2.45) is 5.73 Å². The molecular formula is C14H23NO2S. The van der Waals surface area contributed by atoms with E-state index in [0.29, 0.717) is 17.4 Å². The molecule has 0 aliphatic rings. The molecule has 0 aliphatic heterocycles. The molecule has 0 saturated heterocycles. The molecule has 1 aromatic carbocycles. The Hall–Kier alpha value is -0.870. The van der Waals surface area contributed by atoms with Crippen LogP contribution in [0.5, 0.6) is 0 Å². The van der Waals surface area contributed by atoms with Crippen molar-refractivity contribution in [1.29, 1.82) is 0 Å². The zero-order valence-electron chi connectivity index (χ0n) is 11.2. The first-order valence-corrected chi connectivity index (χ1v) is 8.23. The summed E-state index contributed by atoms with van der Waals surface area (Å²) in [6, 6.07) is 7.32. The largest absolute Gasteiger partial charge is 0.330 e. The Bertz CT molecular complexity index is 451. The van der Waals surface area contributed by atoms with Crippen LogP contribution < -0.4 is 5.73 Å². The van der Waals surface area contributed by atoms with Gasteiger partial charge in [0.05, 0.1) is 10.6 Å². The molecule has 3 nitrogen and oxygen atoms in total. The second-order valence-electron chi connectivity index (χ2n) is 4.51. The maximum Gasteiger partial charge on any atom is 0.178 e. The molecule has 0 bridgehead atoms. The lowest BCUT2D eigenvalue weighted by Crippen LogP contribution is -2.06. The van der Waals surface area contributed by atoms with Crippen molar-refractivity contribution in [2.45, 2.75) is 43.9 Å². The standard InChI is InChI=1S/C14H23NO2S/c1-3-12(6-5-11-15)13-7-9-14(10-8-13)18(16,17)4-2/h7-10,12H,3-6,11,15H2,1-2H3. The van der Waals surface area contributed by atoms with E-state index in [-0.39, 0.29) is 5.75 Å². The van der Waals surface area contributed by atoms with Crippen LogP contribution in [0.15, 0.2) is 29.2 Å². The van der Waals surface area contributed by atoms with Gasteiger partial charge in [-0.3, -0.25) is 0 Å². The average Bonchev–Trinajstić information content (AvgIpc) is 2.40. The fourth-order valence-corrected chi connectivity index (χ4v) is 2.97. The number of nitrogens with two attached hydrogens (primary N) is 1. The van der Waals surface area contributed by atoms with Gasteiger partial charge in [0.1, 0.15) is 0 Å². The molecule has 102 valence electrons. The summed E-state index contributed by atoms with van der Waals surface area (Å²) in [5.74, 6) is 0.628. The van der Waals surface area contributed by atoms with E-state index in [1.165, 1.54) is 5.56 Å². The molecule has 2 N–H and O–H groups in total. The lowest BCUT2D eigenvalue weighted by molar-refractivity contribution is 0.580. The van der Waals surface area contributed by atoms with Gasteiger partial charge < -0.3 is 5.73 Å². The first kappa shape index (κ1) is 15.2. The van der Waals surface area contributed by atoms with Gasteiger partial charge in [0.2, 0.25) is 0 Å². The average molecular weight is 269 g/mol. The Morgan fingerprint density at radius 3 is 2.22 bits per heavy atom. The van der Waals surface area contributed by atoms with Crippen LogP contribution in [0, 0.1) is 0 Å². The molecule has 0 saturated carbocycles. The monoisotopic (exact) mass is 269 g/mol. The van der Waals surface area contributed by atoms with Crippen LogP contribution >= 0.6 is 0 Å². The van der Waals surface area contributed by atoms with Crippen LogP contribution in [0.3, 0.4) is 0 Å². The Labute approximate surface area is 110 Å². The summed E-state index contributed by atoms with van der Waals surface area (Å²) in [5, 5.41) is 0. The number of hydrogen-bond acceptors (Lipinski definition) is 3. The minimum Gasteiger partial charge on any atom is -0.330 e. The number of sulfone groups is 1. The number of benzene rings is 1. The van der Waals surface area contributed by atoms with Gasteiger partial charge in [0.15, 0.2) is 9.84 Å². The van der Waals surface area contributed by atoms with Gasteiger partial charge in [-0.15, -0.1) is 0 Å². The van der Waals surface area contributed by atoms with Crippen molar-refractivity contribution < 1.29 is 8.42 Å². The molecule has 1 unspecified atom stereocenters. The minimum absolute atomic E-state index is 0.150. The fraction of sp³-hybridized carbons (Fsp3) is 0.571. The van der Waals surface area contributed by atoms with E-state index in [0.717, 1.165) is 19.3 Å². The third kappa shape index (κ3) is 3.82. The van der Waals surface area contributed by atoms with Gasteiger partial charge >= 0.3 is 0 Å². The zero-order chi connectivity index (χ0) is 13.6. The molecule has 0 aliphatic carbocycles. The quantitative estimate of drug-likeness (QED) is 0.828. The highest BCUT2D eigenvalue weighted by Gasteiger charge is 2.13. The van der Waals surface area contributed by atoms with E-state index < -0.39 is 9.84 Å². The normalized spacial score (nSPS) is 13.5. The van der Waals surface area contributed by atoms with E-state index in [2.05, 4.69) is 6.92 Å². The van der Waals surface area contributed by atoms with Gasteiger partial charge in [-0.1, -0.05) is 26.0 Å². The molecular weight excluding hydrogens is 246 g/mol. The highest BCUT2D eigenvalue weighted by Crippen LogP contribution is 2.25. The predicted octanol–water partition coefficient (Wildman–Crippen LogP) is 2.71. The second-order valence-corrected chi connectivity index (χ2v) is 6.79. The summed E-state index contributed by atoms with van der Waals surface area (Å²) in [4.78, 5) is 0.419. The fourth-order valence-electron chi connectivity index (χ4n) is 2.08. The third-order valence-corrected chi connectivity index (χ3v) is 5.09. The lowest BCUT2D eigenvalue weighted by Gasteiger charge is -2.15. The van der Waals surface area contributed by atoms with Crippen LogP contribution in [-0.4, -0.2) is 20.7 Å². The van der Waals surface area contributed by atoms with Crippen molar-refractivity contribution in [1.82, 2.24) is 0 Å². The van der Waals surface area contributed by atoms with Crippen LogP contribution in [0.2, 0.25) is 0 Å². The van der Waals surface area contributed by atoms with Crippen molar-refractivity contribution in [3.63, 3.8) is 0 Å². The maximum absolute atomic E-state index is 11.7.